The highest BCUT2D eigenvalue weighted by molar-refractivity contribution is 6.16. The maximum atomic E-state index is 11.7. The fourth-order valence-electron chi connectivity index (χ4n) is 1.73. The van der Waals surface area contributed by atoms with Gasteiger partial charge in [0.2, 0.25) is 5.95 Å². The molecular formula is C12H14N4O3. The van der Waals surface area contributed by atoms with Gasteiger partial charge in [0.05, 0.1) is 12.3 Å². The number of imide groups is 1. The Hall–Kier alpha value is -2.28. The second-order valence-electron chi connectivity index (χ2n) is 4.10. The van der Waals surface area contributed by atoms with E-state index < -0.39 is 11.8 Å². The van der Waals surface area contributed by atoms with E-state index in [1.807, 2.05) is 6.92 Å². The van der Waals surface area contributed by atoms with Gasteiger partial charge in [-0.15, -0.1) is 0 Å². The highest BCUT2D eigenvalue weighted by atomic mass is 16.3. The third kappa shape index (κ3) is 2.45. The molecule has 0 radical (unpaired) electrons. The molecule has 100 valence electrons. The molecule has 0 unspecified atom stereocenters. The SMILES string of the molecule is CCc1nc(NN2C(=O)C=C(C)C2=O)ncc1CO. The van der Waals surface area contributed by atoms with E-state index in [0.29, 0.717) is 23.3 Å². The van der Waals surface area contributed by atoms with Crippen molar-refractivity contribution in [2.75, 3.05) is 5.43 Å². The second-order valence-corrected chi connectivity index (χ2v) is 4.10. The summed E-state index contributed by atoms with van der Waals surface area (Å²) in [5.74, 6) is -0.716. The van der Waals surface area contributed by atoms with Gasteiger partial charge in [-0.05, 0) is 13.3 Å². The van der Waals surface area contributed by atoms with E-state index in [-0.39, 0.29) is 12.6 Å². The van der Waals surface area contributed by atoms with Crippen molar-refractivity contribution in [2.45, 2.75) is 26.9 Å². The van der Waals surface area contributed by atoms with Crippen LogP contribution in [0, 0.1) is 0 Å². The molecule has 0 bridgehead atoms. The summed E-state index contributed by atoms with van der Waals surface area (Å²) in [6.07, 6.45) is 3.34. The van der Waals surface area contributed by atoms with Crippen molar-refractivity contribution in [1.82, 2.24) is 15.0 Å². The number of rotatable bonds is 4. The minimum absolute atomic E-state index is 0.147. The summed E-state index contributed by atoms with van der Waals surface area (Å²) in [6.45, 7) is 3.31. The molecule has 7 heteroatoms. The van der Waals surface area contributed by atoms with E-state index in [9.17, 15) is 9.59 Å². The molecule has 0 saturated carbocycles. The lowest BCUT2D eigenvalue weighted by Crippen LogP contribution is -2.37. The first-order valence-electron chi connectivity index (χ1n) is 5.85. The number of amides is 2. The Bertz CT molecular complexity index is 568. The van der Waals surface area contributed by atoms with Crippen LogP contribution in [0.1, 0.15) is 25.1 Å². The number of hydrazine groups is 1. The molecule has 1 aliphatic rings. The smallest absolute Gasteiger partial charge is 0.275 e. The van der Waals surface area contributed by atoms with Gasteiger partial charge in [0.1, 0.15) is 0 Å². The number of hydrogen-bond acceptors (Lipinski definition) is 6. The quantitative estimate of drug-likeness (QED) is 0.751. The van der Waals surface area contributed by atoms with E-state index in [4.69, 9.17) is 5.11 Å². The lowest BCUT2D eigenvalue weighted by atomic mass is 10.2. The van der Waals surface area contributed by atoms with Crippen LogP contribution in [0.3, 0.4) is 0 Å². The number of aliphatic hydroxyl groups excluding tert-OH is 1. The van der Waals surface area contributed by atoms with Crippen LogP contribution < -0.4 is 5.43 Å². The maximum Gasteiger partial charge on any atom is 0.275 e. The molecule has 7 nitrogen and oxygen atoms in total. The van der Waals surface area contributed by atoms with Gasteiger partial charge in [-0.3, -0.25) is 15.0 Å². The average molecular weight is 262 g/mol. The minimum atomic E-state index is -0.449. The molecule has 0 fully saturated rings. The van der Waals surface area contributed by atoms with Crippen LogP contribution in [0.5, 0.6) is 0 Å². The first kappa shape index (κ1) is 13.2. The average Bonchev–Trinajstić information content (AvgIpc) is 2.65. The van der Waals surface area contributed by atoms with Gasteiger partial charge in [-0.2, -0.15) is 5.01 Å². The first-order chi connectivity index (χ1) is 9.06. The Kier molecular flexibility index (Phi) is 3.57. The molecular weight excluding hydrogens is 248 g/mol. The maximum absolute atomic E-state index is 11.7. The van der Waals surface area contributed by atoms with E-state index in [1.54, 1.807) is 6.92 Å². The molecule has 2 amide bonds. The number of aromatic nitrogens is 2. The van der Waals surface area contributed by atoms with Gasteiger partial charge in [-0.1, -0.05) is 6.92 Å². The van der Waals surface area contributed by atoms with Crippen molar-refractivity contribution in [2.24, 2.45) is 0 Å². The van der Waals surface area contributed by atoms with Gasteiger partial charge in [0.15, 0.2) is 0 Å². The van der Waals surface area contributed by atoms with E-state index in [2.05, 4.69) is 15.4 Å². The zero-order valence-corrected chi connectivity index (χ0v) is 10.7. The summed E-state index contributed by atoms with van der Waals surface area (Å²) in [4.78, 5) is 31.4. The standard InChI is InChI=1S/C12H14N4O3/c1-3-9-8(6-17)5-13-12(14-9)15-16-10(18)4-7(2)11(16)19/h4-5,17H,3,6H2,1-2H3,(H,13,14,15). The number of aryl methyl sites for hydroxylation is 1. The summed E-state index contributed by atoms with van der Waals surface area (Å²) in [5.41, 5.74) is 4.23. The molecule has 19 heavy (non-hydrogen) atoms. The normalized spacial score (nSPS) is 14.9. The molecule has 0 aromatic carbocycles. The fourth-order valence-corrected chi connectivity index (χ4v) is 1.73. The van der Waals surface area contributed by atoms with Gasteiger partial charge in [-0.25, -0.2) is 9.97 Å². The summed E-state index contributed by atoms with van der Waals surface area (Å²) in [5, 5.41) is 9.98. The Morgan fingerprint density at radius 3 is 2.68 bits per heavy atom. The van der Waals surface area contributed by atoms with E-state index in [0.717, 1.165) is 5.01 Å². The Labute approximate surface area is 109 Å². The lowest BCUT2D eigenvalue weighted by Gasteiger charge is -2.16. The van der Waals surface area contributed by atoms with Crippen molar-refractivity contribution in [1.29, 1.82) is 0 Å². The Morgan fingerprint density at radius 2 is 2.16 bits per heavy atom. The molecule has 1 aromatic heterocycles. The van der Waals surface area contributed by atoms with Crippen molar-refractivity contribution in [3.05, 3.63) is 29.1 Å². The number of nitrogens with zero attached hydrogens (tertiary/aromatic N) is 3. The molecule has 1 aromatic rings. The summed E-state index contributed by atoms with van der Waals surface area (Å²) in [7, 11) is 0. The monoisotopic (exact) mass is 262 g/mol. The highest BCUT2D eigenvalue weighted by Crippen LogP contribution is 2.14. The number of aliphatic hydroxyl groups is 1. The molecule has 2 heterocycles. The molecule has 1 aliphatic heterocycles. The number of carbonyl (C=O) groups excluding carboxylic acids is 2. The van der Waals surface area contributed by atoms with Gasteiger partial charge < -0.3 is 5.11 Å². The predicted molar refractivity (Wildman–Crippen MR) is 66.6 cm³/mol. The molecule has 0 aliphatic carbocycles. The van der Waals surface area contributed by atoms with E-state index >= 15 is 0 Å². The van der Waals surface area contributed by atoms with Crippen molar-refractivity contribution in [3.8, 4) is 0 Å². The van der Waals surface area contributed by atoms with Gasteiger partial charge in [0, 0.05) is 23.4 Å². The van der Waals surface area contributed by atoms with Crippen molar-refractivity contribution in [3.63, 3.8) is 0 Å². The Balaban J connectivity index is 2.21. The lowest BCUT2D eigenvalue weighted by molar-refractivity contribution is -0.135. The number of carbonyl (C=O) groups is 2. The zero-order valence-electron chi connectivity index (χ0n) is 10.7. The number of hydrogen-bond donors (Lipinski definition) is 2. The largest absolute Gasteiger partial charge is 0.392 e. The van der Waals surface area contributed by atoms with Crippen LogP contribution in [0.2, 0.25) is 0 Å². The topological polar surface area (TPSA) is 95.4 Å². The predicted octanol–water partition coefficient (Wildman–Crippen LogP) is 0.173. The minimum Gasteiger partial charge on any atom is -0.392 e. The molecule has 2 N–H and O–H groups in total. The third-order valence-corrected chi connectivity index (χ3v) is 2.77. The molecule has 0 saturated heterocycles. The van der Waals surface area contributed by atoms with Gasteiger partial charge in [0.25, 0.3) is 11.8 Å². The molecule has 0 atom stereocenters. The Morgan fingerprint density at radius 1 is 1.42 bits per heavy atom. The molecule has 0 spiro atoms. The second kappa shape index (κ2) is 5.15. The highest BCUT2D eigenvalue weighted by Gasteiger charge is 2.29. The van der Waals surface area contributed by atoms with Crippen LogP contribution in [0.25, 0.3) is 0 Å². The number of anilines is 1. The van der Waals surface area contributed by atoms with Crippen LogP contribution in [-0.2, 0) is 22.6 Å². The van der Waals surface area contributed by atoms with Crippen LogP contribution in [-0.4, -0.2) is 31.9 Å². The van der Waals surface area contributed by atoms with Crippen molar-refractivity contribution >= 4 is 17.8 Å². The molecule has 2 rings (SSSR count). The first-order valence-corrected chi connectivity index (χ1v) is 5.85. The zero-order chi connectivity index (χ0) is 14.0. The summed E-state index contributed by atoms with van der Waals surface area (Å²) >= 11 is 0. The van der Waals surface area contributed by atoms with Crippen molar-refractivity contribution < 1.29 is 14.7 Å². The fraction of sp³-hybridized carbons (Fsp3) is 0.333. The van der Waals surface area contributed by atoms with Crippen LogP contribution in [0.4, 0.5) is 5.95 Å². The van der Waals surface area contributed by atoms with Gasteiger partial charge >= 0.3 is 0 Å². The van der Waals surface area contributed by atoms with Crippen LogP contribution in [0.15, 0.2) is 17.8 Å². The number of nitrogens with one attached hydrogen (secondary N) is 1. The summed E-state index contributed by atoms with van der Waals surface area (Å²) < 4.78 is 0. The summed E-state index contributed by atoms with van der Waals surface area (Å²) in [6, 6.07) is 0. The van der Waals surface area contributed by atoms with E-state index in [1.165, 1.54) is 12.3 Å². The van der Waals surface area contributed by atoms with Crippen LogP contribution >= 0.6 is 0 Å². The third-order valence-electron chi connectivity index (χ3n) is 2.77.